The van der Waals surface area contributed by atoms with E-state index in [1.54, 1.807) is 0 Å². The van der Waals surface area contributed by atoms with E-state index in [4.69, 9.17) is 4.42 Å². The molecule has 7 nitrogen and oxygen atoms in total. The average Bonchev–Trinajstić information content (AvgIpc) is 3.05. The van der Waals surface area contributed by atoms with E-state index in [1.807, 2.05) is 49.1 Å². The van der Waals surface area contributed by atoms with Crippen molar-refractivity contribution >= 4 is 11.7 Å². The fourth-order valence-electron chi connectivity index (χ4n) is 2.59. The minimum absolute atomic E-state index is 0.0549. The highest BCUT2D eigenvalue weighted by molar-refractivity contribution is 5.89. The number of nitrogens with one attached hydrogen (secondary N) is 1. The van der Waals surface area contributed by atoms with Gasteiger partial charge < -0.3 is 14.6 Å². The molecule has 7 heteroatoms. The number of hydrogen-bond acceptors (Lipinski definition) is 5. The van der Waals surface area contributed by atoms with Gasteiger partial charge in [-0.3, -0.25) is 4.90 Å². The summed E-state index contributed by atoms with van der Waals surface area (Å²) in [6, 6.07) is 9.45. The molecule has 1 fully saturated rings. The van der Waals surface area contributed by atoms with Crippen molar-refractivity contribution in [1.29, 1.82) is 0 Å². The lowest BCUT2D eigenvalue weighted by atomic mass is 10.2. The Morgan fingerprint density at radius 3 is 2.50 bits per heavy atom. The van der Waals surface area contributed by atoms with Gasteiger partial charge in [0, 0.05) is 37.8 Å². The Morgan fingerprint density at radius 1 is 1.17 bits per heavy atom. The highest BCUT2D eigenvalue weighted by Crippen LogP contribution is 2.14. The van der Waals surface area contributed by atoms with E-state index >= 15 is 0 Å². The normalized spacial score (nSPS) is 15.7. The molecule has 0 radical (unpaired) electrons. The van der Waals surface area contributed by atoms with Crippen molar-refractivity contribution in [3.8, 4) is 0 Å². The van der Waals surface area contributed by atoms with Gasteiger partial charge in [-0.2, -0.15) is 0 Å². The van der Waals surface area contributed by atoms with Gasteiger partial charge in [0.2, 0.25) is 11.8 Å². The van der Waals surface area contributed by atoms with Crippen molar-refractivity contribution in [3.63, 3.8) is 0 Å². The maximum atomic E-state index is 12.3. The van der Waals surface area contributed by atoms with Crippen LogP contribution in [0.5, 0.6) is 0 Å². The number of aromatic nitrogens is 2. The number of piperazine rings is 1. The van der Waals surface area contributed by atoms with E-state index in [2.05, 4.69) is 20.4 Å². The van der Waals surface area contributed by atoms with Crippen LogP contribution in [0.15, 0.2) is 34.7 Å². The first-order valence-electron chi connectivity index (χ1n) is 8.27. The van der Waals surface area contributed by atoms with Crippen LogP contribution in [-0.4, -0.2) is 52.2 Å². The fourth-order valence-corrected chi connectivity index (χ4v) is 2.59. The van der Waals surface area contributed by atoms with Crippen LogP contribution in [0, 0.1) is 0 Å². The Morgan fingerprint density at radius 2 is 1.88 bits per heavy atom. The van der Waals surface area contributed by atoms with Crippen LogP contribution in [0.1, 0.15) is 31.5 Å². The summed E-state index contributed by atoms with van der Waals surface area (Å²) in [4.78, 5) is 16.3. The van der Waals surface area contributed by atoms with Crippen molar-refractivity contribution in [2.45, 2.75) is 26.3 Å². The minimum Gasteiger partial charge on any atom is -0.424 e. The number of anilines is 1. The van der Waals surface area contributed by atoms with Gasteiger partial charge in [-0.1, -0.05) is 32.0 Å². The van der Waals surface area contributed by atoms with Gasteiger partial charge in [-0.15, -0.1) is 10.2 Å². The van der Waals surface area contributed by atoms with Crippen LogP contribution in [0.3, 0.4) is 0 Å². The third-order valence-corrected chi connectivity index (χ3v) is 4.02. The highest BCUT2D eigenvalue weighted by Gasteiger charge is 2.22. The van der Waals surface area contributed by atoms with Crippen molar-refractivity contribution in [3.05, 3.63) is 42.1 Å². The number of urea groups is 1. The summed E-state index contributed by atoms with van der Waals surface area (Å²) in [6.07, 6.45) is 0. The lowest BCUT2D eigenvalue weighted by Crippen LogP contribution is -2.49. The van der Waals surface area contributed by atoms with Crippen molar-refractivity contribution in [2.75, 3.05) is 31.5 Å². The number of para-hydroxylation sites is 1. The number of carbonyl (C=O) groups is 1. The zero-order chi connectivity index (χ0) is 16.9. The molecule has 0 saturated carbocycles. The van der Waals surface area contributed by atoms with Crippen LogP contribution < -0.4 is 5.32 Å². The second-order valence-electron chi connectivity index (χ2n) is 6.25. The third kappa shape index (κ3) is 4.11. The summed E-state index contributed by atoms with van der Waals surface area (Å²) in [7, 11) is 0. The van der Waals surface area contributed by atoms with Gasteiger partial charge in [0.15, 0.2) is 0 Å². The summed E-state index contributed by atoms with van der Waals surface area (Å²) in [5.74, 6) is 1.55. The first-order valence-corrected chi connectivity index (χ1v) is 8.27. The van der Waals surface area contributed by atoms with Crippen molar-refractivity contribution in [2.24, 2.45) is 0 Å². The minimum atomic E-state index is -0.0549. The Kier molecular flexibility index (Phi) is 5.10. The molecule has 1 saturated heterocycles. The number of amides is 2. The van der Waals surface area contributed by atoms with Gasteiger partial charge in [0.1, 0.15) is 0 Å². The molecule has 2 heterocycles. The third-order valence-electron chi connectivity index (χ3n) is 4.02. The van der Waals surface area contributed by atoms with Crippen molar-refractivity contribution in [1.82, 2.24) is 20.0 Å². The van der Waals surface area contributed by atoms with Gasteiger partial charge in [0.25, 0.3) is 0 Å². The molecule has 2 amide bonds. The van der Waals surface area contributed by atoms with E-state index in [0.29, 0.717) is 31.4 Å². The first kappa shape index (κ1) is 16.4. The van der Waals surface area contributed by atoms with Crippen LogP contribution in [0.2, 0.25) is 0 Å². The quantitative estimate of drug-likeness (QED) is 0.933. The van der Waals surface area contributed by atoms with E-state index in [-0.39, 0.29) is 11.9 Å². The summed E-state index contributed by atoms with van der Waals surface area (Å²) in [6.45, 7) is 7.65. The van der Waals surface area contributed by atoms with E-state index in [9.17, 15) is 4.79 Å². The van der Waals surface area contributed by atoms with E-state index in [1.165, 1.54) is 0 Å². The maximum absolute atomic E-state index is 12.3. The second kappa shape index (κ2) is 7.44. The van der Waals surface area contributed by atoms with Crippen LogP contribution in [0.25, 0.3) is 0 Å². The predicted molar refractivity (Wildman–Crippen MR) is 90.7 cm³/mol. The Balaban J connectivity index is 1.47. The number of nitrogens with zero attached hydrogens (tertiary/aromatic N) is 4. The second-order valence-corrected chi connectivity index (χ2v) is 6.25. The smallest absolute Gasteiger partial charge is 0.321 e. The fraction of sp³-hybridized carbons (Fsp3) is 0.471. The Bertz CT molecular complexity index is 663. The zero-order valence-corrected chi connectivity index (χ0v) is 14.1. The summed E-state index contributed by atoms with van der Waals surface area (Å²) >= 11 is 0. The molecule has 0 spiro atoms. The Hall–Kier alpha value is -2.41. The molecule has 0 bridgehead atoms. The van der Waals surface area contributed by atoms with Crippen molar-refractivity contribution < 1.29 is 9.21 Å². The first-order chi connectivity index (χ1) is 11.6. The van der Waals surface area contributed by atoms with Gasteiger partial charge in [0.05, 0.1) is 6.54 Å². The number of benzene rings is 1. The summed E-state index contributed by atoms with van der Waals surface area (Å²) < 4.78 is 5.64. The average molecular weight is 329 g/mol. The van der Waals surface area contributed by atoms with Crippen LogP contribution in [0.4, 0.5) is 10.5 Å². The standard InChI is InChI=1S/C17H23N5O2/c1-13(2)16-20-19-15(24-16)12-21-8-10-22(11-9-21)17(23)18-14-6-4-3-5-7-14/h3-7,13H,8-12H2,1-2H3,(H,18,23). The molecule has 1 aliphatic rings. The lowest BCUT2D eigenvalue weighted by Gasteiger charge is -2.33. The zero-order valence-electron chi connectivity index (χ0n) is 14.1. The molecule has 1 aromatic carbocycles. The predicted octanol–water partition coefficient (Wildman–Crippen LogP) is 2.54. The molecular weight excluding hydrogens is 306 g/mol. The molecule has 1 aromatic heterocycles. The Labute approximate surface area is 141 Å². The topological polar surface area (TPSA) is 74.5 Å². The SMILES string of the molecule is CC(C)c1nnc(CN2CCN(C(=O)Nc3ccccc3)CC2)o1. The molecule has 24 heavy (non-hydrogen) atoms. The lowest BCUT2D eigenvalue weighted by molar-refractivity contribution is 0.135. The van der Waals surface area contributed by atoms with Crippen LogP contribution >= 0.6 is 0 Å². The summed E-state index contributed by atoms with van der Waals surface area (Å²) in [5, 5.41) is 11.1. The molecule has 3 rings (SSSR count). The number of hydrogen-bond donors (Lipinski definition) is 1. The van der Waals surface area contributed by atoms with Crippen LogP contribution in [-0.2, 0) is 6.54 Å². The maximum Gasteiger partial charge on any atom is 0.321 e. The summed E-state index contributed by atoms with van der Waals surface area (Å²) in [5.41, 5.74) is 0.817. The number of rotatable bonds is 4. The largest absolute Gasteiger partial charge is 0.424 e. The molecule has 1 N–H and O–H groups in total. The van der Waals surface area contributed by atoms with E-state index in [0.717, 1.165) is 18.8 Å². The molecule has 128 valence electrons. The monoisotopic (exact) mass is 329 g/mol. The molecule has 0 aliphatic carbocycles. The molecule has 2 aromatic rings. The highest BCUT2D eigenvalue weighted by atomic mass is 16.4. The molecular formula is C17H23N5O2. The van der Waals surface area contributed by atoms with Gasteiger partial charge in [-0.25, -0.2) is 4.79 Å². The van der Waals surface area contributed by atoms with Gasteiger partial charge >= 0.3 is 6.03 Å². The molecule has 0 atom stereocenters. The van der Waals surface area contributed by atoms with Gasteiger partial charge in [-0.05, 0) is 12.1 Å². The molecule has 1 aliphatic heterocycles. The number of carbonyl (C=O) groups excluding carboxylic acids is 1. The molecule has 0 unspecified atom stereocenters. The van der Waals surface area contributed by atoms with E-state index < -0.39 is 0 Å².